The van der Waals surface area contributed by atoms with E-state index < -0.39 is 0 Å². The molecular weight excluding hydrogens is 374 g/mol. The van der Waals surface area contributed by atoms with Crippen LogP contribution >= 0.6 is 11.6 Å². The number of aromatic nitrogens is 3. The van der Waals surface area contributed by atoms with Gasteiger partial charge in [0.05, 0.1) is 11.2 Å². The van der Waals surface area contributed by atoms with Crippen molar-refractivity contribution in [3.05, 3.63) is 29.2 Å². The molecule has 2 amide bonds. The Labute approximate surface area is 171 Å². The summed E-state index contributed by atoms with van der Waals surface area (Å²) in [4.78, 5) is 16.7. The second-order valence-electron chi connectivity index (χ2n) is 9.11. The molecule has 0 bridgehead atoms. The van der Waals surface area contributed by atoms with E-state index in [1.807, 2.05) is 12.3 Å². The minimum atomic E-state index is -0.207. The molecule has 1 aliphatic carbocycles. The number of urea groups is 1. The molecule has 1 fully saturated rings. The Balaban J connectivity index is 1.49. The third kappa shape index (κ3) is 4.02. The van der Waals surface area contributed by atoms with Crippen LogP contribution < -0.4 is 10.6 Å². The first-order valence-electron chi connectivity index (χ1n) is 10.1. The van der Waals surface area contributed by atoms with E-state index in [0.717, 1.165) is 55.7 Å². The number of anilines is 1. The van der Waals surface area contributed by atoms with Crippen LogP contribution in [0, 0.1) is 11.3 Å². The molecule has 2 aromatic rings. The lowest BCUT2D eigenvalue weighted by Gasteiger charge is -2.26. The summed E-state index contributed by atoms with van der Waals surface area (Å²) < 4.78 is 2.05. The third-order valence-electron chi connectivity index (χ3n) is 5.91. The summed E-state index contributed by atoms with van der Waals surface area (Å²) in [5.41, 5.74) is 3.25. The van der Waals surface area contributed by atoms with E-state index in [1.165, 1.54) is 5.69 Å². The minimum absolute atomic E-state index is 0.191. The van der Waals surface area contributed by atoms with Crippen LogP contribution in [0.5, 0.6) is 0 Å². The Bertz CT molecular complexity index is 883. The maximum Gasteiger partial charge on any atom is 0.320 e. The van der Waals surface area contributed by atoms with Crippen molar-refractivity contribution in [2.24, 2.45) is 11.3 Å². The van der Waals surface area contributed by atoms with Gasteiger partial charge in [0, 0.05) is 35.6 Å². The van der Waals surface area contributed by atoms with Gasteiger partial charge in [-0.15, -0.1) is 0 Å². The molecule has 2 N–H and O–H groups in total. The lowest BCUT2D eigenvalue weighted by Crippen LogP contribution is -2.40. The Morgan fingerprint density at radius 2 is 1.96 bits per heavy atom. The highest BCUT2D eigenvalue weighted by Gasteiger charge is 2.32. The standard InChI is InChI=1S/C21H28ClN5O/c1-13-4-6-14(7-5-13)25-20(28)26-19-8-15(17(22)11-23-19)16-10-24-27-12-21(2,3)9-18(16)27/h8,10-11,13-14H,4-7,9,12H2,1-3H3,(H2,23,25,26,28). The molecule has 0 saturated heterocycles. The molecule has 2 aromatic heterocycles. The second-order valence-corrected chi connectivity index (χ2v) is 9.52. The van der Waals surface area contributed by atoms with Gasteiger partial charge in [0.2, 0.25) is 0 Å². The highest BCUT2D eigenvalue weighted by Crippen LogP contribution is 2.39. The maximum absolute atomic E-state index is 12.4. The molecule has 0 radical (unpaired) electrons. The van der Waals surface area contributed by atoms with Gasteiger partial charge in [0.1, 0.15) is 5.82 Å². The molecule has 28 heavy (non-hydrogen) atoms. The molecule has 0 spiro atoms. The smallest absolute Gasteiger partial charge is 0.320 e. The van der Waals surface area contributed by atoms with Crippen LogP contribution in [0.3, 0.4) is 0 Å². The molecule has 3 heterocycles. The van der Waals surface area contributed by atoms with Crippen LogP contribution in [0.25, 0.3) is 11.1 Å². The molecule has 1 saturated carbocycles. The first-order chi connectivity index (χ1) is 13.3. The number of fused-ring (bicyclic) bond motifs is 1. The predicted molar refractivity (Wildman–Crippen MR) is 112 cm³/mol. The zero-order valence-electron chi connectivity index (χ0n) is 16.8. The molecule has 2 aliphatic rings. The summed E-state index contributed by atoms with van der Waals surface area (Å²) in [5.74, 6) is 1.25. The fourth-order valence-electron chi connectivity index (χ4n) is 4.33. The molecule has 0 aromatic carbocycles. The highest BCUT2D eigenvalue weighted by atomic mass is 35.5. The summed E-state index contributed by atoms with van der Waals surface area (Å²) in [5, 5.41) is 11.0. The quantitative estimate of drug-likeness (QED) is 0.769. The van der Waals surface area contributed by atoms with Crippen molar-refractivity contribution in [3.8, 4) is 11.1 Å². The number of halogens is 1. The van der Waals surface area contributed by atoms with E-state index in [4.69, 9.17) is 11.6 Å². The third-order valence-corrected chi connectivity index (χ3v) is 6.21. The highest BCUT2D eigenvalue weighted by molar-refractivity contribution is 6.33. The maximum atomic E-state index is 12.4. The first-order valence-corrected chi connectivity index (χ1v) is 10.5. The van der Waals surface area contributed by atoms with Crippen LogP contribution in [0.4, 0.5) is 10.6 Å². The van der Waals surface area contributed by atoms with E-state index >= 15 is 0 Å². The zero-order valence-corrected chi connectivity index (χ0v) is 17.5. The molecule has 6 nitrogen and oxygen atoms in total. The molecular formula is C21H28ClN5O. The number of nitrogens with zero attached hydrogens (tertiary/aromatic N) is 3. The number of amides is 2. The SMILES string of the molecule is CC1CCC(NC(=O)Nc2cc(-c3cnn4c3CC(C)(C)C4)c(Cl)cn2)CC1. The molecule has 0 unspecified atom stereocenters. The lowest BCUT2D eigenvalue weighted by molar-refractivity contribution is 0.239. The Hall–Kier alpha value is -2.08. The van der Waals surface area contributed by atoms with E-state index in [-0.39, 0.29) is 17.5 Å². The number of nitrogens with one attached hydrogen (secondary N) is 2. The first kappa shape index (κ1) is 19.2. The van der Waals surface area contributed by atoms with Crippen molar-refractivity contribution in [1.82, 2.24) is 20.1 Å². The van der Waals surface area contributed by atoms with Gasteiger partial charge in [-0.1, -0.05) is 32.4 Å². The van der Waals surface area contributed by atoms with Crippen molar-refractivity contribution in [2.75, 3.05) is 5.32 Å². The molecule has 7 heteroatoms. The summed E-state index contributed by atoms with van der Waals surface area (Å²) >= 11 is 6.44. The van der Waals surface area contributed by atoms with Crippen molar-refractivity contribution in [1.29, 1.82) is 0 Å². The predicted octanol–water partition coefficient (Wildman–Crippen LogP) is 4.88. The number of pyridine rings is 1. The van der Waals surface area contributed by atoms with Crippen molar-refractivity contribution >= 4 is 23.4 Å². The fraction of sp³-hybridized carbons (Fsp3) is 0.571. The number of rotatable bonds is 3. The molecule has 0 atom stereocenters. The van der Waals surface area contributed by atoms with Gasteiger partial charge in [-0.05, 0) is 49.5 Å². The van der Waals surface area contributed by atoms with Gasteiger partial charge in [0.25, 0.3) is 0 Å². The zero-order chi connectivity index (χ0) is 19.9. The summed E-state index contributed by atoms with van der Waals surface area (Å²) in [7, 11) is 0. The molecule has 150 valence electrons. The number of carbonyl (C=O) groups is 1. The van der Waals surface area contributed by atoms with Gasteiger partial charge in [-0.25, -0.2) is 9.78 Å². The summed E-state index contributed by atoms with van der Waals surface area (Å²) in [6.07, 6.45) is 8.80. The van der Waals surface area contributed by atoms with E-state index in [2.05, 4.69) is 46.2 Å². The van der Waals surface area contributed by atoms with E-state index in [9.17, 15) is 4.79 Å². The monoisotopic (exact) mass is 401 g/mol. The van der Waals surface area contributed by atoms with Crippen LogP contribution in [-0.4, -0.2) is 26.8 Å². The normalized spacial score (nSPS) is 23.3. The van der Waals surface area contributed by atoms with E-state index in [0.29, 0.717) is 10.8 Å². The average Bonchev–Trinajstić information content (AvgIpc) is 3.13. The van der Waals surface area contributed by atoms with Gasteiger partial charge in [-0.3, -0.25) is 10.00 Å². The van der Waals surface area contributed by atoms with Gasteiger partial charge >= 0.3 is 6.03 Å². The average molecular weight is 402 g/mol. The summed E-state index contributed by atoms with van der Waals surface area (Å²) in [6, 6.07) is 1.87. The number of carbonyl (C=O) groups excluding carboxylic acids is 1. The van der Waals surface area contributed by atoms with Crippen LogP contribution in [0.2, 0.25) is 5.02 Å². The van der Waals surface area contributed by atoms with Crippen molar-refractivity contribution in [3.63, 3.8) is 0 Å². The topological polar surface area (TPSA) is 71.8 Å². The minimum Gasteiger partial charge on any atom is -0.335 e. The van der Waals surface area contributed by atoms with Crippen LogP contribution in [0.15, 0.2) is 18.5 Å². The Morgan fingerprint density at radius 1 is 1.21 bits per heavy atom. The number of hydrogen-bond donors (Lipinski definition) is 2. The Kier molecular flexibility index (Phi) is 5.08. The van der Waals surface area contributed by atoms with E-state index in [1.54, 1.807) is 6.20 Å². The van der Waals surface area contributed by atoms with Gasteiger partial charge in [0.15, 0.2) is 0 Å². The number of hydrogen-bond acceptors (Lipinski definition) is 3. The largest absolute Gasteiger partial charge is 0.335 e. The second kappa shape index (κ2) is 7.39. The van der Waals surface area contributed by atoms with Gasteiger partial charge in [-0.2, -0.15) is 5.10 Å². The molecule has 4 rings (SSSR count). The Morgan fingerprint density at radius 3 is 2.71 bits per heavy atom. The molecule has 1 aliphatic heterocycles. The van der Waals surface area contributed by atoms with Crippen LogP contribution in [0.1, 0.15) is 52.1 Å². The fourth-order valence-corrected chi connectivity index (χ4v) is 4.53. The van der Waals surface area contributed by atoms with Crippen molar-refractivity contribution in [2.45, 2.75) is 65.5 Å². The lowest BCUT2D eigenvalue weighted by atomic mass is 9.87. The van der Waals surface area contributed by atoms with Crippen molar-refractivity contribution < 1.29 is 4.79 Å². The van der Waals surface area contributed by atoms with Crippen LogP contribution in [-0.2, 0) is 13.0 Å². The van der Waals surface area contributed by atoms with Gasteiger partial charge < -0.3 is 5.32 Å². The summed E-state index contributed by atoms with van der Waals surface area (Å²) in [6.45, 7) is 7.65.